The molecule has 1 aromatic carbocycles. The lowest BCUT2D eigenvalue weighted by atomic mass is 10.2. The lowest BCUT2D eigenvalue weighted by Crippen LogP contribution is -2.09. The van der Waals surface area contributed by atoms with Crippen LogP contribution in [-0.2, 0) is 21.0 Å². The highest BCUT2D eigenvalue weighted by molar-refractivity contribution is 6.30. The molecular weight excluding hydrogens is 238 g/mol. The van der Waals surface area contributed by atoms with Crippen molar-refractivity contribution in [1.82, 2.24) is 0 Å². The second kappa shape index (κ2) is 7.63. The summed E-state index contributed by atoms with van der Waals surface area (Å²) in [6.07, 6.45) is 0. The quantitative estimate of drug-likeness (QED) is 0.529. The molecular formula is C9H10ClNO5. The van der Waals surface area contributed by atoms with Gasteiger partial charge in [-0.1, -0.05) is 23.7 Å². The average molecular weight is 248 g/mol. The van der Waals surface area contributed by atoms with Crippen LogP contribution in [0.25, 0.3) is 0 Å². The first kappa shape index (κ1) is 14.4. The number of aliphatic carboxylic acids is 2. The van der Waals surface area contributed by atoms with E-state index in [4.69, 9.17) is 37.3 Å². The lowest BCUT2D eigenvalue weighted by Gasteiger charge is -1.96. The third kappa shape index (κ3) is 6.77. The number of carboxylic acids is 2. The van der Waals surface area contributed by atoms with Crippen molar-refractivity contribution in [2.24, 2.45) is 5.90 Å². The van der Waals surface area contributed by atoms with Crippen LogP contribution in [0.5, 0.6) is 0 Å². The third-order valence-electron chi connectivity index (χ3n) is 1.35. The zero-order valence-electron chi connectivity index (χ0n) is 8.09. The molecule has 0 heterocycles. The predicted molar refractivity (Wildman–Crippen MR) is 55.7 cm³/mol. The van der Waals surface area contributed by atoms with Crippen molar-refractivity contribution in [2.75, 3.05) is 0 Å². The number of hydrogen-bond donors (Lipinski definition) is 3. The minimum Gasteiger partial charge on any atom is -0.473 e. The van der Waals surface area contributed by atoms with Crippen molar-refractivity contribution >= 4 is 23.5 Å². The number of hydrogen-bond acceptors (Lipinski definition) is 4. The molecule has 0 bridgehead atoms. The Bertz CT molecular complexity index is 339. The summed E-state index contributed by atoms with van der Waals surface area (Å²) in [6, 6.07) is 7.34. The van der Waals surface area contributed by atoms with Gasteiger partial charge in [-0.15, -0.1) is 0 Å². The molecule has 16 heavy (non-hydrogen) atoms. The van der Waals surface area contributed by atoms with E-state index < -0.39 is 11.9 Å². The van der Waals surface area contributed by atoms with E-state index in [1.54, 1.807) is 12.1 Å². The normalized spacial score (nSPS) is 8.88. The van der Waals surface area contributed by atoms with Crippen molar-refractivity contribution < 1.29 is 24.6 Å². The molecule has 0 spiro atoms. The van der Waals surface area contributed by atoms with Crippen LogP contribution in [0.4, 0.5) is 0 Å². The molecule has 7 heteroatoms. The second-order valence-corrected chi connectivity index (χ2v) is 2.98. The first-order valence-corrected chi connectivity index (χ1v) is 4.37. The van der Waals surface area contributed by atoms with Crippen LogP contribution in [0.15, 0.2) is 24.3 Å². The van der Waals surface area contributed by atoms with Gasteiger partial charge < -0.3 is 10.2 Å². The maximum absolute atomic E-state index is 9.10. The summed E-state index contributed by atoms with van der Waals surface area (Å²) in [7, 11) is 0. The van der Waals surface area contributed by atoms with Gasteiger partial charge in [0.1, 0.15) is 0 Å². The summed E-state index contributed by atoms with van der Waals surface area (Å²) in [5.74, 6) is 1.22. The first-order valence-electron chi connectivity index (χ1n) is 3.99. The molecule has 0 amide bonds. The van der Waals surface area contributed by atoms with Crippen molar-refractivity contribution in [1.29, 1.82) is 0 Å². The van der Waals surface area contributed by atoms with Gasteiger partial charge in [0.2, 0.25) is 0 Å². The van der Waals surface area contributed by atoms with E-state index in [-0.39, 0.29) is 0 Å². The van der Waals surface area contributed by atoms with Crippen molar-refractivity contribution in [3.63, 3.8) is 0 Å². The van der Waals surface area contributed by atoms with Crippen LogP contribution in [0.2, 0.25) is 5.02 Å². The van der Waals surface area contributed by atoms with Gasteiger partial charge >= 0.3 is 11.9 Å². The Balaban J connectivity index is 0.000000325. The number of carbonyl (C=O) groups is 2. The number of halogens is 1. The minimum atomic E-state index is -1.82. The molecule has 4 N–H and O–H groups in total. The van der Waals surface area contributed by atoms with Gasteiger partial charge in [0.15, 0.2) is 0 Å². The van der Waals surface area contributed by atoms with Crippen molar-refractivity contribution in [3.8, 4) is 0 Å². The topological polar surface area (TPSA) is 110 Å². The fourth-order valence-electron chi connectivity index (χ4n) is 0.677. The molecule has 0 saturated heterocycles. The Morgan fingerprint density at radius 2 is 1.62 bits per heavy atom. The van der Waals surface area contributed by atoms with Gasteiger partial charge in [0.05, 0.1) is 6.61 Å². The lowest BCUT2D eigenvalue weighted by molar-refractivity contribution is -0.159. The zero-order valence-corrected chi connectivity index (χ0v) is 8.85. The maximum atomic E-state index is 9.10. The summed E-state index contributed by atoms with van der Waals surface area (Å²) in [6.45, 7) is 0.428. The Hall–Kier alpha value is -1.63. The van der Waals surface area contributed by atoms with Crippen LogP contribution < -0.4 is 5.90 Å². The summed E-state index contributed by atoms with van der Waals surface area (Å²) < 4.78 is 0. The molecule has 1 aromatic rings. The Kier molecular flexibility index (Phi) is 6.86. The first-order chi connectivity index (χ1) is 7.47. The molecule has 0 fully saturated rings. The predicted octanol–water partition coefficient (Wildman–Crippen LogP) is 0.886. The molecule has 0 aliphatic rings. The van der Waals surface area contributed by atoms with Crippen LogP contribution in [0.3, 0.4) is 0 Å². The van der Waals surface area contributed by atoms with Gasteiger partial charge in [0, 0.05) is 5.02 Å². The fraction of sp³-hybridized carbons (Fsp3) is 0.111. The largest absolute Gasteiger partial charge is 0.473 e. The highest BCUT2D eigenvalue weighted by atomic mass is 35.5. The van der Waals surface area contributed by atoms with Crippen molar-refractivity contribution in [2.45, 2.75) is 6.61 Å². The van der Waals surface area contributed by atoms with Crippen LogP contribution in [-0.4, -0.2) is 22.2 Å². The molecule has 1 rings (SSSR count). The second-order valence-electron chi connectivity index (χ2n) is 2.55. The highest BCUT2D eigenvalue weighted by Gasteiger charge is 2.04. The van der Waals surface area contributed by atoms with E-state index in [9.17, 15) is 0 Å². The summed E-state index contributed by atoms with van der Waals surface area (Å²) in [4.78, 5) is 22.6. The smallest absolute Gasteiger partial charge is 0.414 e. The van der Waals surface area contributed by atoms with Gasteiger partial charge in [-0.3, -0.25) is 4.84 Å². The summed E-state index contributed by atoms with van der Waals surface area (Å²) in [5.41, 5.74) is 1.02. The monoisotopic (exact) mass is 247 g/mol. The van der Waals surface area contributed by atoms with Crippen LogP contribution in [0, 0.1) is 0 Å². The molecule has 0 aromatic heterocycles. The summed E-state index contributed by atoms with van der Waals surface area (Å²) >= 11 is 5.64. The van der Waals surface area contributed by atoms with Crippen molar-refractivity contribution in [3.05, 3.63) is 34.9 Å². The Morgan fingerprint density at radius 1 is 1.19 bits per heavy atom. The van der Waals surface area contributed by atoms with E-state index in [1.807, 2.05) is 12.1 Å². The van der Waals surface area contributed by atoms with E-state index in [0.717, 1.165) is 10.6 Å². The Labute approximate surface area is 96.2 Å². The van der Waals surface area contributed by atoms with E-state index >= 15 is 0 Å². The van der Waals surface area contributed by atoms with E-state index in [2.05, 4.69) is 4.84 Å². The standard InChI is InChI=1S/C7H8ClNO.C2H2O4/c8-7-3-1-6(2-4-7)5-10-9;3-1(4)2(5)6/h1-4H,5,9H2;(H,3,4)(H,5,6). The van der Waals surface area contributed by atoms with Gasteiger partial charge in [-0.2, -0.15) is 0 Å². The molecule has 0 atom stereocenters. The number of rotatable bonds is 2. The van der Waals surface area contributed by atoms with E-state index in [0.29, 0.717) is 6.61 Å². The summed E-state index contributed by atoms with van der Waals surface area (Å²) in [5, 5.41) is 15.5. The third-order valence-corrected chi connectivity index (χ3v) is 1.60. The minimum absolute atomic E-state index is 0.428. The molecule has 0 unspecified atom stereocenters. The number of benzene rings is 1. The fourth-order valence-corrected chi connectivity index (χ4v) is 0.803. The van der Waals surface area contributed by atoms with Gasteiger partial charge in [0.25, 0.3) is 0 Å². The molecule has 0 aliphatic heterocycles. The van der Waals surface area contributed by atoms with Gasteiger partial charge in [-0.25, -0.2) is 15.5 Å². The zero-order chi connectivity index (χ0) is 12.6. The SMILES string of the molecule is NOCc1ccc(Cl)cc1.O=C(O)C(=O)O. The van der Waals surface area contributed by atoms with E-state index in [1.165, 1.54) is 0 Å². The molecule has 0 saturated carbocycles. The molecule has 6 nitrogen and oxygen atoms in total. The Morgan fingerprint density at radius 3 is 1.94 bits per heavy atom. The van der Waals surface area contributed by atoms with Crippen LogP contribution in [0.1, 0.15) is 5.56 Å². The highest BCUT2D eigenvalue weighted by Crippen LogP contribution is 2.09. The molecule has 0 radical (unpaired) electrons. The average Bonchev–Trinajstić information content (AvgIpc) is 2.22. The maximum Gasteiger partial charge on any atom is 0.414 e. The van der Waals surface area contributed by atoms with Gasteiger partial charge in [-0.05, 0) is 17.7 Å². The number of nitrogens with two attached hydrogens (primary N) is 1. The molecule has 88 valence electrons. The number of carboxylic acid groups (broad SMARTS) is 2. The van der Waals surface area contributed by atoms with Crippen LogP contribution >= 0.6 is 11.6 Å². The molecule has 0 aliphatic carbocycles.